The van der Waals surface area contributed by atoms with E-state index < -0.39 is 0 Å². The Morgan fingerprint density at radius 2 is 2.14 bits per heavy atom. The quantitative estimate of drug-likeness (QED) is 0.818. The number of carbonyl (C=O) groups is 1. The van der Waals surface area contributed by atoms with Gasteiger partial charge in [0, 0.05) is 24.0 Å². The molecule has 2 unspecified atom stereocenters. The number of piperidine rings is 1. The Bertz CT molecular complexity index is 478. The van der Waals surface area contributed by atoms with Crippen molar-refractivity contribution in [3.63, 3.8) is 0 Å². The van der Waals surface area contributed by atoms with Crippen LogP contribution in [0.15, 0.2) is 29.2 Å². The Morgan fingerprint density at radius 3 is 2.77 bits per heavy atom. The van der Waals surface area contributed by atoms with Crippen LogP contribution in [0.4, 0.5) is 0 Å². The Kier molecular flexibility index (Phi) is 6.58. The fraction of sp³-hybridized carbons (Fsp3) is 0.588. The second kappa shape index (κ2) is 8.44. The van der Waals surface area contributed by atoms with Crippen molar-refractivity contribution >= 4 is 17.7 Å². The summed E-state index contributed by atoms with van der Waals surface area (Å²) in [4.78, 5) is 15.5. The first-order valence-electron chi connectivity index (χ1n) is 7.99. The van der Waals surface area contributed by atoms with Gasteiger partial charge in [0.1, 0.15) is 5.75 Å². The number of rotatable bonds is 6. The maximum absolute atomic E-state index is 12.4. The fourth-order valence-electron chi connectivity index (χ4n) is 2.83. The first kappa shape index (κ1) is 17.2. The van der Waals surface area contributed by atoms with Crippen LogP contribution < -0.4 is 10.5 Å². The Hall–Kier alpha value is -1.20. The number of amides is 1. The number of carbonyl (C=O) groups excluding carboxylic acids is 1. The van der Waals surface area contributed by atoms with E-state index in [1.54, 1.807) is 11.8 Å². The van der Waals surface area contributed by atoms with Gasteiger partial charge in [-0.25, -0.2) is 0 Å². The van der Waals surface area contributed by atoms with E-state index in [0.29, 0.717) is 24.8 Å². The smallest absolute Gasteiger partial charge is 0.233 e. The van der Waals surface area contributed by atoms with Crippen LogP contribution in [0.1, 0.15) is 26.7 Å². The van der Waals surface area contributed by atoms with Crippen molar-refractivity contribution in [1.29, 1.82) is 0 Å². The maximum Gasteiger partial charge on any atom is 0.233 e. The van der Waals surface area contributed by atoms with E-state index in [1.165, 1.54) is 0 Å². The predicted octanol–water partition coefficient (Wildman–Crippen LogP) is 2.76. The minimum absolute atomic E-state index is 0.196. The largest absolute Gasteiger partial charge is 0.494 e. The molecule has 0 aliphatic carbocycles. The molecule has 1 aliphatic rings. The van der Waals surface area contributed by atoms with Gasteiger partial charge in [0.15, 0.2) is 0 Å². The van der Waals surface area contributed by atoms with E-state index in [0.717, 1.165) is 30.0 Å². The molecule has 4 nitrogen and oxygen atoms in total. The van der Waals surface area contributed by atoms with Crippen LogP contribution in [-0.2, 0) is 4.79 Å². The van der Waals surface area contributed by atoms with Crippen LogP contribution >= 0.6 is 11.8 Å². The third-order valence-corrected chi connectivity index (χ3v) is 5.06. The van der Waals surface area contributed by atoms with Crippen LogP contribution in [0, 0.1) is 5.92 Å². The fourth-order valence-corrected chi connectivity index (χ4v) is 3.61. The van der Waals surface area contributed by atoms with Crippen molar-refractivity contribution in [1.82, 2.24) is 4.90 Å². The molecule has 1 aliphatic heterocycles. The maximum atomic E-state index is 12.4. The molecule has 0 aromatic heterocycles. The Labute approximate surface area is 137 Å². The lowest BCUT2D eigenvalue weighted by Crippen LogP contribution is -2.49. The van der Waals surface area contributed by atoms with Gasteiger partial charge in [-0.1, -0.05) is 6.92 Å². The predicted molar refractivity (Wildman–Crippen MR) is 91.3 cm³/mol. The van der Waals surface area contributed by atoms with Crippen molar-refractivity contribution in [2.75, 3.05) is 25.4 Å². The minimum Gasteiger partial charge on any atom is -0.494 e. The normalized spacial score (nSPS) is 21.7. The molecular formula is C17H26N2O2S. The van der Waals surface area contributed by atoms with E-state index in [2.05, 4.69) is 6.92 Å². The number of thioether (sulfide) groups is 1. The highest BCUT2D eigenvalue weighted by Crippen LogP contribution is 2.25. The Balaban J connectivity index is 1.86. The summed E-state index contributed by atoms with van der Waals surface area (Å²) in [5, 5.41) is 0. The van der Waals surface area contributed by atoms with Gasteiger partial charge in [-0.2, -0.15) is 0 Å². The highest BCUT2D eigenvalue weighted by molar-refractivity contribution is 8.00. The molecule has 22 heavy (non-hydrogen) atoms. The lowest BCUT2D eigenvalue weighted by Gasteiger charge is -2.38. The van der Waals surface area contributed by atoms with Crippen LogP contribution in [0.2, 0.25) is 0 Å². The number of nitrogens with two attached hydrogens (primary N) is 1. The van der Waals surface area contributed by atoms with Gasteiger partial charge in [-0.3, -0.25) is 4.79 Å². The molecule has 5 heteroatoms. The molecular weight excluding hydrogens is 296 g/mol. The number of hydrogen-bond donors (Lipinski definition) is 1. The minimum atomic E-state index is 0.196. The second-order valence-electron chi connectivity index (χ2n) is 5.80. The van der Waals surface area contributed by atoms with E-state index in [-0.39, 0.29) is 11.9 Å². The van der Waals surface area contributed by atoms with Gasteiger partial charge >= 0.3 is 0 Å². The molecule has 2 rings (SSSR count). The monoisotopic (exact) mass is 322 g/mol. The van der Waals surface area contributed by atoms with Gasteiger partial charge in [0.2, 0.25) is 5.91 Å². The number of ether oxygens (including phenoxy) is 1. The molecule has 1 saturated heterocycles. The standard InChI is InChI=1S/C17H26N2O2S/c1-3-21-15-4-6-16(7-5-15)22-12-17(20)19-9-8-13(2)10-14(19)11-18/h4-7,13-14H,3,8-12,18H2,1-2H3. The molecule has 0 radical (unpaired) electrons. The van der Waals surface area contributed by atoms with Crippen molar-refractivity contribution in [2.24, 2.45) is 11.7 Å². The van der Waals surface area contributed by atoms with Crippen molar-refractivity contribution in [3.05, 3.63) is 24.3 Å². The number of likely N-dealkylation sites (tertiary alicyclic amines) is 1. The van der Waals surface area contributed by atoms with Crippen molar-refractivity contribution < 1.29 is 9.53 Å². The molecule has 122 valence electrons. The highest BCUT2D eigenvalue weighted by Gasteiger charge is 2.28. The lowest BCUT2D eigenvalue weighted by molar-refractivity contribution is -0.132. The summed E-state index contributed by atoms with van der Waals surface area (Å²) in [7, 11) is 0. The van der Waals surface area contributed by atoms with E-state index >= 15 is 0 Å². The molecule has 1 amide bonds. The van der Waals surface area contributed by atoms with E-state index in [9.17, 15) is 4.79 Å². The molecule has 1 aromatic carbocycles. The molecule has 1 fully saturated rings. The average Bonchev–Trinajstić information content (AvgIpc) is 2.54. The average molecular weight is 322 g/mol. The summed E-state index contributed by atoms with van der Waals surface area (Å²) < 4.78 is 5.42. The number of nitrogens with zero attached hydrogens (tertiary/aromatic N) is 1. The zero-order chi connectivity index (χ0) is 15.9. The summed E-state index contributed by atoms with van der Waals surface area (Å²) in [6.07, 6.45) is 2.10. The molecule has 0 spiro atoms. The molecule has 1 aromatic rings. The molecule has 0 saturated carbocycles. The van der Waals surface area contributed by atoms with Crippen LogP contribution in [0.25, 0.3) is 0 Å². The summed E-state index contributed by atoms with van der Waals surface area (Å²) in [5.74, 6) is 2.20. The molecule has 2 atom stereocenters. The first-order chi connectivity index (χ1) is 10.6. The Morgan fingerprint density at radius 1 is 1.41 bits per heavy atom. The van der Waals surface area contributed by atoms with E-state index in [4.69, 9.17) is 10.5 Å². The summed E-state index contributed by atoms with van der Waals surface area (Å²) in [6, 6.07) is 8.10. The zero-order valence-electron chi connectivity index (χ0n) is 13.5. The van der Waals surface area contributed by atoms with Gasteiger partial charge in [-0.15, -0.1) is 11.8 Å². The number of hydrogen-bond acceptors (Lipinski definition) is 4. The van der Waals surface area contributed by atoms with Gasteiger partial charge in [0.05, 0.1) is 12.4 Å². The van der Waals surface area contributed by atoms with Crippen LogP contribution in [-0.4, -0.2) is 42.3 Å². The van der Waals surface area contributed by atoms with Crippen LogP contribution in [0.3, 0.4) is 0 Å². The van der Waals surface area contributed by atoms with Crippen molar-refractivity contribution in [3.8, 4) is 5.75 Å². The SMILES string of the molecule is CCOc1ccc(SCC(=O)N2CCC(C)CC2CN)cc1. The molecule has 2 N–H and O–H groups in total. The molecule has 1 heterocycles. The first-order valence-corrected chi connectivity index (χ1v) is 8.97. The summed E-state index contributed by atoms with van der Waals surface area (Å²) >= 11 is 1.57. The summed E-state index contributed by atoms with van der Waals surface area (Å²) in [5.41, 5.74) is 5.83. The van der Waals surface area contributed by atoms with Crippen LogP contribution in [0.5, 0.6) is 5.75 Å². The van der Waals surface area contributed by atoms with Gasteiger partial charge in [0.25, 0.3) is 0 Å². The third kappa shape index (κ3) is 4.65. The van der Waals surface area contributed by atoms with Gasteiger partial charge in [-0.05, 0) is 49.9 Å². The second-order valence-corrected chi connectivity index (χ2v) is 6.85. The lowest BCUT2D eigenvalue weighted by atomic mass is 9.92. The summed E-state index contributed by atoms with van der Waals surface area (Å²) in [6.45, 7) is 6.27. The number of benzene rings is 1. The van der Waals surface area contributed by atoms with Gasteiger partial charge < -0.3 is 15.4 Å². The topological polar surface area (TPSA) is 55.6 Å². The van der Waals surface area contributed by atoms with Crippen molar-refractivity contribution in [2.45, 2.75) is 37.6 Å². The highest BCUT2D eigenvalue weighted by atomic mass is 32.2. The zero-order valence-corrected chi connectivity index (χ0v) is 14.3. The molecule has 0 bridgehead atoms. The third-order valence-electron chi connectivity index (χ3n) is 4.07. The van der Waals surface area contributed by atoms with E-state index in [1.807, 2.05) is 36.1 Å².